The molecule has 2 aromatic rings. The highest BCUT2D eigenvalue weighted by molar-refractivity contribution is 6.21. The van der Waals surface area contributed by atoms with Crippen LogP contribution < -0.4 is 0 Å². The summed E-state index contributed by atoms with van der Waals surface area (Å²) in [4.78, 5) is 26.9. The van der Waals surface area contributed by atoms with E-state index in [4.69, 9.17) is 4.74 Å². The number of hydrogen-bond acceptors (Lipinski definition) is 3. The Hall–Kier alpha value is -2.46. The topological polar surface area (TPSA) is 46.6 Å². The van der Waals surface area contributed by atoms with Crippen molar-refractivity contribution in [3.05, 3.63) is 70.8 Å². The summed E-state index contributed by atoms with van der Waals surface area (Å²) in [6.07, 6.45) is 1.50. The van der Waals surface area contributed by atoms with E-state index in [0.717, 1.165) is 17.5 Å². The van der Waals surface area contributed by atoms with Crippen LogP contribution in [0.4, 0.5) is 0 Å². The monoisotopic (exact) mass is 337 g/mol. The Balaban J connectivity index is 1.87. The summed E-state index contributed by atoms with van der Waals surface area (Å²) in [6, 6.07) is 14.9. The van der Waals surface area contributed by atoms with Crippen molar-refractivity contribution in [2.24, 2.45) is 0 Å². The highest BCUT2D eigenvalue weighted by Gasteiger charge is 2.39. The minimum atomic E-state index is -0.251. The summed E-state index contributed by atoms with van der Waals surface area (Å²) in [6.45, 7) is 5.35. The number of fused-ring (bicyclic) bond motifs is 1. The molecule has 1 heterocycles. The number of benzene rings is 2. The zero-order valence-corrected chi connectivity index (χ0v) is 14.7. The van der Waals surface area contributed by atoms with Gasteiger partial charge in [0.1, 0.15) is 0 Å². The van der Waals surface area contributed by atoms with Gasteiger partial charge in [0.25, 0.3) is 11.8 Å². The average molecular weight is 337 g/mol. The van der Waals surface area contributed by atoms with Gasteiger partial charge in [-0.15, -0.1) is 0 Å². The van der Waals surface area contributed by atoms with Gasteiger partial charge >= 0.3 is 0 Å². The first-order chi connectivity index (χ1) is 12.2. The number of carbonyl (C=O) groups is 2. The Kier molecular flexibility index (Phi) is 5.29. The van der Waals surface area contributed by atoms with Crippen molar-refractivity contribution in [3.8, 4) is 0 Å². The molecule has 0 aromatic heterocycles. The zero-order chi connectivity index (χ0) is 17.8. The maximum Gasteiger partial charge on any atom is 0.262 e. The van der Waals surface area contributed by atoms with Gasteiger partial charge in [0, 0.05) is 6.61 Å². The molecule has 0 spiro atoms. The first-order valence-electron chi connectivity index (χ1n) is 8.80. The molecule has 3 rings (SSSR count). The van der Waals surface area contributed by atoms with Crippen molar-refractivity contribution in [1.29, 1.82) is 0 Å². The molecule has 1 aliphatic heterocycles. The van der Waals surface area contributed by atoms with Gasteiger partial charge in [-0.25, -0.2) is 0 Å². The van der Waals surface area contributed by atoms with Crippen molar-refractivity contribution in [2.45, 2.75) is 32.7 Å². The smallest absolute Gasteiger partial charge is 0.262 e. The summed E-state index contributed by atoms with van der Waals surface area (Å²) in [5, 5.41) is 0. The Morgan fingerprint density at radius 3 is 2.24 bits per heavy atom. The van der Waals surface area contributed by atoms with Crippen molar-refractivity contribution in [1.82, 2.24) is 4.90 Å². The van der Waals surface area contributed by atoms with Gasteiger partial charge in [0.05, 0.1) is 23.8 Å². The third-order valence-electron chi connectivity index (χ3n) is 4.60. The highest BCUT2D eigenvalue weighted by Crippen LogP contribution is 2.33. The first kappa shape index (κ1) is 17.4. The van der Waals surface area contributed by atoms with Gasteiger partial charge in [0.2, 0.25) is 0 Å². The molecule has 130 valence electrons. The second-order valence-electron chi connectivity index (χ2n) is 6.14. The molecule has 4 heteroatoms. The predicted octanol–water partition coefficient (Wildman–Crippen LogP) is 4.01. The molecule has 1 aliphatic rings. The zero-order valence-electron chi connectivity index (χ0n) is 14.7. The number of ether oxygens (including phenoxy) is 1. The third kappa shape index (κ3) is 3.35. The summed E-state index contributed by atoms with van der Waals surface area (Å²) in [5.41, 5.74) is 3.14. The molecule has 0 N–H and O–H groups in total. The maximum atomic E-state index is 12.8. The minimum absolute atomic E-state index is 0.202. The van der Waals surface area contributed by atoms with E-state index < -0.39 is 0 Å². The molecule has 0 bridgehead atoms. The molecular weight excluding hydrogens is 314 g/mol. The number of amides is 2. The molecule has 2 aromatic carbocycles. The number of nitrogens with zero attached hydrogens (tertiary/aromatic N) is 1. The van der Waals surface area contributed by atoms with E-state index in [1.807, 2.05) is 26.0 Å². The normalized spacial score (nSPS) is 14.7. The predicted molar refractivity (Wildman–Crippen MR) is 96.6 cm³/mol. The van der Waals surface area contributed by atoms with Crippen molar-refractivity contribution < 1.29 is 14.3 Å². The molecule has 2 amide bonds. The lowest BCUT2D eigenvalue weighted by Crippen LogP contribution is -2.33. The number of imide groups is 1. The van der Waals surface area contributed by atoms with Crippen LogP contribution in [0.25, 0.3) is 0 Å². The standard InChI is InChI=1S/C21H23NO3/c1-3-19(16-9-7-8-15(14-16)12-13-25-4-2)22-20(23)17-10-5-6-11-18(17)21(22)24/h5-11,14,19H,3-4,12-13H2,1-2H3. The quantitative estimate of drug-likeness (QED) is 0.566. The van der Waals surface area contributed by atoms with Gasteiger partial charge in [-0.2, -0.15) is 0 Å². The summed E-state index contributed by atoms with van der Waals surface area (Å²) >= 11 is 0. The molecule has 1 unspecified atom stereocenters. The molecule has 0 saturated heterocycles. The van der Waals surface area contributed by atoms with Crippen LogP contribution in [-0.4, -0.2) is 29.9 Å². The van der Waals surface area contributed by atoms with Crippen LogP contribution in [-0.2, 0) is 11.2 Å². The SMILES string of the molecule is CCOCCc1cccc(C(CC)N2C(=O)c3ccccc3C2=O)c1. The van der Waals surface area contributed by atoms with Gasteiger partial charge in [0.15, 0.2) is 0 Å². The number of hydrogen-bond donors (Lipinski definition) is 0. The van der Waals surface area contributed by atoms with E-state index in [1.165, 1.54) is 4.90 Å². The lowest BCUT2D eigenvalue weighted by molar-refractivity contribution is 0.0577. The molecular formula is C21H23NO3. The molecule has 25 heavy (non-hydrogen) atoms. The summed E-state index contributed by atoms with van der Waals surface area (Å²) < 4.78 is 5.42. The van der Waals surface area contributed by atoms with Crippen LogP contribution in [0.3, 0.4) is 0 Å². The third-order valence-corrected chi connectivity index (χ3v) is 4.60. The lowest BCUT2D eigenvalue weighted by atomic mass is 9.99. The van der Waals surface area contributed by atoms with E-state index in [1.54, 1.807) is 24.3 Å². The molecule has 0 saturated carbocycles. The first-order valence-corrected chi connectivity index (χ1v) is 8.80. The summed E-state index contributed by atoms with van der Waals surface area (Å²) in [7, 11) is 0. The van der Waals surface area contributed by atoms with Crippen LogP contribution in [0.2, 0.25) is 0 Å². The van der Waals surface area contributed by atoms with Gasteiger partial charge in [-0.05, 0) is 43.0 Å². The molecule has 1 atom stereocenters. The molecule has 0 radical (unpaired) electrons. The lowest BCUT2D eigenvalue weighted by Gasteiger charge is -2.26. The van der Waals surface area contributed by atoms with E-state index in [-0.39, 0.29) is 17.9 Å². The average Bonchev–Trinajstić information content (AvgIpc) is 2.89. The van der Waals surface area contributed by atoms with E-state index in [9.17, 15) is 9.59 Å². The minimum Gasteiger partial charge on any atom is -0.381 e. The van der Waals surface area contributed by atoms with E-state index >= 15 is 0 Å². The van der Waals surface area contributed by atoms with Crippen LogP contribution in [0.1, 0.15) is 58.2 Å². The number of carbonyl (C=O) groups excluding carboxylic acids is 2. The Morgan fingerprint density at radius 2 is 1.64 bits per heavy atom. The maximum absolute atomic E-state index is 12.8. The number of rotatable bonds is 7. The fraction of sp³-hybridized carbons (Fsp3) is 0.333. The van der Waals surface area contributed by atoms with Crippen molar-refractivity contribution >= 4 is 11.8 Å². The molecule has 0 aliphatic carbocycles. The van der Waals surface area contributed by atoms with E-state index in [0.29, 0.717) is 30.8 Å². The van der Waals surface area contributed by atoms with Gasteiger partial charge in [-0.3, -0.25) is 14.5 Å². The second kappa shape index (κ2) is 7.62. The highest BCUT2D eigenvalue weighted by atomic mass is 16.5. The Morgan fingerprint density at radius 1 is 0.960 bits per heavy atom. The van der Waals surface area contributed by atoms with Crippen molar-refractivity contribution in [2.75, 3.05) is 13.2 Å². The largest absolute Gasteiger partial charge is 0.381 e. The Labute approximate surface area is 148 Å². The molecule has 4 nitrogen and oxygen atoms in total. The van der Waals surface area contributed by atoms with Crippen LogP contribution in [0.15, 0.2) is 48.5 Å². The second-order valence-corrected chi connectivity index (χ2v) is 6.14. The van der Waals surface area contributed by atoms with E-state index in [2.05, 4.69) is 12.1 Å². The van der Waals surface area contributed by atoms with Gasteiger partial charge in [-0.1, -0.05) is 43.3 Å². The Bertz CT molecular complexity index is 749. The molecule has 0 fully saturated rings. The van der Waals surface area contributed by atoms with Crippen LogP contribution in [0.5, 0.6) is 0 Å². The van der Waals surface area contributed by atoms with Crippen LogP contribution in [0, 0.1) is 0 Å². The summed E-state index contributed by atoms with van der Waals surface area (Å²) in [5.74, 6) is -0.403. The van der Waals surface area contributed by atoms with Crippen molar-refractivity contribution in [3.63, 3.8) is 0 Å². The van der Waals surface area contributed by atoms with Gasteiger partial charge < -0.3 is 4.74 Å². The fourth-order valence-corrected chi connectivity index (χ4v) is 3.35. The fourth-order valence-electron chi connectivity index (χ4n) is 3.35. The van der Waals surface area contributed by atoms with Crippen LogP contribution >= 0.6 is 0 Å².